The summed E-state index contributed by atoms with van der Waals surface area (Å²) in [6, 6.07) is 4.69. The van der Waals surface area contributed by atoms with Gasteiger partial charge in [-0.25, -0.2) is 9.82 Å². The second-order valence-corrected chi connectivity index (χ2v) is 5.32. The summed E-state index contributed by atoms with van der Waals surface area (Å²) in [6.45, 7) is 1.98. The Balaban J connectivity index is 2.49. The van der Waals surface area contributed by atoms with Crippen LogP contribution in [0.4, 0.5) is 4.39 Å². The van der Waals surface area contributed by atoms with Crippen LogP contribution >= 0.6 is 27.5 Å². The van der Waals surface area contributed by atoms with Gasteiger partial charge >= 0.3 is 0 Å². The molecule has 96 valence electrons. The Morgan fingerprint density at radius 1 is 1.56 bits per heavy atom. The van der Waals surface area contributed by atoms with Crippen molar-refractivity contribution in [3.63, 3.8) is 0 Å². The highest BCUT2D eigenvalue weighted by atomic mass is 79.9. The Bertz CT molecular complexity index is 546. The van der Waals surface area contributed by atoms with E-state index < -0.39 is 6.04 Å². The van der Waals surface area contributed by atoms with Crippen molar-refractivity contribution in [2.45, 2.75) is 19.4 Å². The zero-order valence-electron chi connectivity index (χ0n) is 9.65. The smallest absolute Gasteiger partial charge is 0.142 e. The quantitative estimate of drug-likeness (QED) is 0.668. The summed E-state index contributed by atoms with van der Waals surface area (Å²) in [5, 5.41) is 4.02. The van der Waals surface area contributed by atoms with Crippen LogP contribution in [0.25, 0.3) is 0 Å². The van der Waals surface area contributed by atoms with E-state index in [4.69, 9.17) is 5.84 Å². The first-order valence-corrected chi connectivity index (χ1v) is 6.96. The van der Waals surface area contributed by atoms with Crippen molar-refractivity contribution in [2.75, 3.05) is 0 Å². The maximum Gasteiger partial charge on any atom is 0.142 e. The molecule has 0 radical (unpaired) electrons. The van der Waals surface area contributed by atoms with Gasteiger partial charge in [0.25, 0.3) is 0 Å². The van der Waals surface area contributed by atoms with E-state index in [0.29, 0.717) is 10.0 Å². The van der Waals surface area contributed by atoms with Gasteiger partial charge < -0.3 is 0 Å². The number of hydrogen-bond acceptors (Lipinski definition) is 5. The predicted octanol–water partition coefficient (Wildman–Crippen LogP) is 2.55. The molecule has 7 heteroatoms. The molecule has 0 aliphatic heterocycles. The average molecular weight is 331 g/mol. The summed E-state index contributed by atoms with van der Waals surface area (Å²) >= 11 is 4.40. The Labute approximate surface area is 117 Å². The minimum absolute atomic E-state index is 0.323. The topological polar surface area (TPSA) is 63.8 Å². The highest BCUT2D eigenvalue weighted by Crippen LogP contribution is 2.30. The Kier molecular flexibility index (Phi) is 4.39. The van der Waals surface area contributed by atoms with E-state index in [-0.39, 0.29) is 5.82 Å². The van der Waals surface area contributed by atoms with Crippen LogP contribution in [0, 0.1) is 5.82 Å². The summed E-state index contributed by atoms with van der Waals surface area (Å²) in [7, 11) is 0. The van der Waals surface area contributed by atoms with Gasteiger partial charge in [-0.05, 0) is 39.9 Å². The molecular formula is C11H12BrFN4S. The second kappa shape index (κ2) is 5.83. The molecule has 1 aromatic carbocycles. The minimum atomic E-state index is -0.433. The van der Waals surface area contributed by atoms with E-state index in [1.807, 2.05) is 6.92 Å². The van der Waals surface area contributed by atoms with Gasteiger partial charge in [0, 0.05) is 5.56 Å². The van der Waals surface area contributed by atoms with Gasteiger partial charge in [0.1, 0.15) is 5.82 Å². The van der Waals surface area contributed by atoms with Gasteiger partial charge in [-0.2, -0.15) is 0 Å². The third-order valence-electron chi connectivity index (χ3n) is 2.64. The molecule has 1 aromatic heterocycles. The first kappa shape index (κ1) is 13.5. The molecule has 0 aliphatic carbocycles. The molecule has 4 nitrogen and oxygen atoms in total. The van der Waals surface area contributed by atoms with E-state index in [2.05, 4.69) is 30.9 Å². The summed E-state index contributed by atoms with van der Waals surface area (Å²) in [4.78, 5) is 0.844. The van der Waals surface area contributed by atoms with Crippen LogP contribution in [0.15, 0.2) is 22.7 Å². The van der Waals surface area contributed by atoms with Crippen LogP contribution in [-0.2, 0) is 6.42 Å². The van der Waals surface area contributed by atoms with Gasteiger partial charge in [-0.1, -0.05) is 23.5 Å². The third-order valence-corrected chi connectivity index (χ3v) is 4.09. The molecule has 0 spiro atoms. The van der Waals surface area contributed by atoms with E-state index in [1.54, 1.807) is 18.2 Å². The zero-order chi connectivity index (χ0) is 13.1. The number of hydrazine groups is 1. The number of aryl methyl sites for hydroxylation is 1. The van der Waals surface area contributed by atoms with Crippen LogP contribution in [0.1, 0.15) is 29.1 Å². The average Bonchev–Trinajstić information content (AvgIpc) is 2.83. The molecule has 1 atom stereocenters. The molecule has 1 heterocycles. The molecule has 1 unspecified atom stereocenters. The second-order valence-electron chi connectivity index (χ2n) is 3.68. The van der Waals surface area contributed by atoms with Gasteiger partial charge in [0.15, 0.2) is 0 Å². The molecule has 3 N–H and O–H groups in total. The molecular weight excluding hydrogens is 319 g/mol. The predicted molar refractivity (Wildman–Crippen MR) is 72.6 cm³/mol. The molecule has 0 saturated carbocycles. The summed E-state index contributed by atoms with van der Waals surface area (Å²) < 4.78 is 18.4. The lowest BCUT2D eigenvalue weighted by Gasteiger charge is -2.16. The number of benzene rings is 1. The maximum atomic E-state index is 14.1. The van der Waals surface area contributed by atoms with E-state index in [1.165, 1.54) is 11.5 Å². The van der Waals surface area contributed by atoms with Crippen molar-refractivity contribution < 1.29 is 4.39 Å². The highest BCUT2D eigenvalue weighted by Gasteiger charge is 2.23. The number of hydrogen-bond donors (Lipinski definition) is 2. The molecule has 0 saturated heterocycles. The Morgan fingerprint density at radius 2 is 2.33 bits per heavy atom. The van der Waals surface area contributed by atoms with Crippen molar-refractivity contribution in [1.82, 2.24) is 15.0 Å². The van der Waals surface area contributed by atoms with Crippen LogP contribution in [0.5, 0.6) is 0 Å². The maximum absolute atomic E-state index is 14.1. The van der Waals surface area contributed by atoms with Crippen LogP contribution < -0.4 is 11.3 Å². The van der Waals surface area contributed by atoms with E-state index >= 15 is 0 Å². The van der Waals surface area contributed by atoms with E-state index in [0.717, 1.165) is 17.0 Å². The number of aromatic nitrogens is 2. The lowest BCUT2D eigenvalue weighted by atomic mass is 10.0. The first-order valence-electron chi connectivity index (χ1n) is 5.40. The van der Waals surface area contributed by atoms with Crippen molar-refractivity contribution in [3.8, 4) is 0 Å². The molecule has 0 aliphatic rings. The number of rotatable bonds is 4. The van der Waals surface area contributed by atoms with Gasteiger partial charge in [0.05, 0.1) is 21.1 Å². The summed E-state index contributed by atoms with van der Waals surface area (Å²) in [5.74, 6) is 5.23. The van der Waals surface area contributed by atoms with Crippen molar-refractivity contribution in [3.05, 3.63) is 44.6 Å². The van der Waals surface area contributed by atoms with Crippen LogP contribution in [-0.4, -0.2) is 9.59 Å². The normalized spacial score (nSPS) is 12.7. The lowest BCUT2D eigenvalue weighted by Crippen LogP contribution is -2.29. The fraction of sp³-hybridized carbons (Fsp3) is 0.273. The number of nitrogens with one attached hydrogen (secondary N) is 1. The Morgan fingerprint density at radius 3 is 3.00 bits per heavy atom. The standard InChI is InChI=1S/C11H12BrFN4S/c1-2-8-11(18-17-16-8)10(15-14)6-4-3-5-7(12)9(6)13/h3-5,10,15H,2,14H2,1H3. The largest absolute Gasteiger partial charge is 0.271 e. The van der Waals surface area contributed by atoms with Gasteiger partial charge in [-0.3, -0.25) is 5.84 Å². The van der Waals surface area contributed by atoms with E-state index in [9.17, 15) is 4.39 Å². The molecule has 0 amide bonds. The monoisotopic (exact) mass is 330 g/mol. The van der Waals surface area contributed by atoms with Gasteiger partial charge in [-0.15, -0.1) is 5.10 Å². The molecule has 0 bridgehead atoms. The number of nitrogens with two attached hydrogens (primary N) is 1. The van der Waals surface area contributed by atoms with Crippen LogP contribution in [0.2, 0.25) is 0 Å². The summed E-state index contributed by atoms with van der Waals surface area (Å²) in [6.07, 6.45) is 0.736. The van der Waals surface area contributed by atoms with Crippen molar-refractivity contribution in [2.24, 2.45) is 5.84 Å². The number of nitrogens with zero attached hydrogens (tertiary/aromatic N) is 2. The fourth-order valence-corrected chi connectivity index (χ4v) is 2.93. The summed E-state index contributed by atoms with van der Waals surface area (Å²) in [5.41, 5.74) is 3.95. The zero-order valence-corrected chi connectivity index (χ0v) is 12.1. The third kappa shape index (κ3) is 2.44. The highest BCUT2D eigenvalue weighted by molar-refractivity contribution is 9.10. The fourth-order valence-electron chi connectivity index (χ4n) is 1.73. The first-order chi connectivity index (χ1) is 8.69. The van der Waals surface area contributed by atoms with Crippen molar-refractivity contribution >= 4 is 27.5 Å². The molecule has 2 rings (SSSR count). The van der Waals surface area contributed by atoms with Crippen molar-refractivity contribution in [1.29, 1.82) is 0 Å². The van der Waals surface area contributed by atoms with Gasteiger partial charge in [0.2, 0.25) is 0 Å². The minimum Gasteiger partial charge on any atom is -0.271 e. The SMILES string of the molecule is CCc1nnsc1C(NN)c1cccc(Br)c1F. The van der Waals surface area contributed by atoms with Crippen LogP contribution in [0.3, 0.4) is 0 Å². The Hall–Kier alpha value is -0.890. The number of halogens is 2. The lowest BCUT2D eigenvalue weighted by molar-refractivity contribution is 0.557. The molecule has 0 fully saturated rings. The molecule has 2 aromatic rings. The molecule has 18 heavy (non-hydrogen) atoms.